The number of ether oxygens (including phenoxy) is 1. The average molecular weight is 522 g/mol. The van der Waals surface area contributed by atoms with Crippen LogP contribution >= 0.6 is 11.3 Å². The van der Waals surface area contributed by atoms with Gasteiger partial charge in [-0.2, -0.15) is 0 Å². The zero-order valence-corrected chi connectivity index (χ0v) is 21.9. The van der Waals surface area contributed by atoms with Crippen molar-refractivity contribution in [3.05, 3.63) is 28.8 Å². The monoisotopic (exact) mass is 521 g/mol. The van der Waals surface area contributed by atoms with E-state index in [-0.39, 0.29) is 0 Å². The highest BCUT2D eigenvalue weighted by Crippen LogP contribution is 2.38. The summed E-state index contributed by atoms with van der Waals surface area (Å²) < 4.78 is 6.68. The van der Waals surface area contributed by atoms with E-state index in [1.54, 1.807) is 22.4 Å². The highest BCUT2D eigenvalue weighted by atomic mass is 32.1. The van der Waals surface area contributed by atoms with E-state index in [2.05, 4.69) is 32.9 Å². The number of carbonyl (C=O) groups excluding carboxylic acids is 1. The molecule has 5 rings (SSSR count). The van der Waals surface area contributed by atoms with Gasteiger partial charge < -0.3 is 25.0 Å². The van der Waals surface area contributed by atoms with Gasteiger partial charge in [-0.25, -0.2) is 15.0 Å². The Morgan fingerprint density at radius 2 is 1.97 bits per heavy atom. The first-order chi connectivity index (χ1) is 18.0. The van der Waals surface area contributed by atoms with Gasteiger partial charge in [0.1, 0.15) is 5.82 Å². The standard InChI is InChI=1S/C26H31N7O3S/c1-4-19(34)26(35)33-9-7-31(8-10-33)16-20-17(2)22-23(37-20)25(32-11-13-36-14-12-32)30-24(29-22)18-5-6-21(27-3)28-15-18/h1,5-6,15,19,34H,7-14,16H2,2-3H3,(H,27,28)/t19-/m0/s1. The Labute approximate surface area is 220 Å². The van der Waals surface area contributed by atoms with Crippen molar-refractivity contribution in [1.29, 1.82) is 0 Å². The maximum Gasteiger partial charge on any atom is 0.264 e. The number of morpholine rings is 1. The molecule has 3 aromatic heterocycles. The van der Waals surface area contributed by atoms with Gasteiger partial charge in [0.2, 0.25) is 0 Å². The number of carbonyl (C=O) groups is 1. The van der Waals surface area contributed by atoms with Crippen LogP contribution in [-0.2, 0) is 16.1 Å². The van der Waals surface area contributed by atoms with Crippen molar-refractivity contribution in [2.45, 2.75) is 19.6 Å². The molecule has 0 aromatic carbocycles. The van der Waals surface area contributed by atoms with E-state index in [9.17, 15) is 9.90 Å². The zero-order valence-electron chi connectivity index (χ0n) is 21.1. The smallest absolute Gasteiger partial charge is 0.264 e. The van der Waals surface area contributed by atoms with Crippen LogP contribution in [0, 0.1) is 19.3 Å². The van der Waals surface area contributed by atoms with Crippen molar-refractivity contribution in [3.8, 4) is 23.7 Å². The zero-order chi connectivity index (χ0) is 25.9. The van der Waals surface area contributed by atoms with Crippen LogP contribution in [0.2, 0.25) is 0 Å². The van der Waals surface area contributed by atoms with E-state index in [0.29, 0.717) is 45.2 Å². The van der Waals surface area contributed by atoms with E-state index in [1.807, 2.05) is 19.2 Å². The van der Waals surface area contributed by atoms with Crippen molar-refractivity contribution in [3.63, 3.8) is 0 Å². The molecule has 0 saturated carbocycles. The largest absolute Gasteiger partial charge is 0.378 e. The van der Waals surface area contributed by atoms with Gasteiger partial charge in [-0.15, -0.1) is 17.8 Å². The molecule has 1 amide bonds. The Morgan fingerprint density at radius 1 is 1.22 bits per heavy atom. The number of hydrogen-bond acceptors (Lipinski definition) is 10. The van der Waals surface area contributed by atoms with E-state index in [1.165, 1.54) is 4.88 Å². The Bertz CT molecular complexity index is 1310. The minimum Gasteiger partial charge on any atom is -0.378 e. The molecule has 2 N–H and O–H groups in total. The molecule has 10 nitrogen and oxygen atoms in total. The summed E-state index contributed by atoms with van der Waals surface area (Å²) in [5.41, 5.74) is 2.99. The molecule has 2 fully saturated rings. The van der Waals surface area contributed by atoms with Crippen LogP contribution in [0.4, 0.5) is 11.6 Å². The second-order valence-electron chi connectivity index (χ2n) is 9.15. The summed E-state index contributed by atoms with van der Waals surface area (Å²) in [7, 11) is 1.84. The van der Waals surface area contributed by atoms with Crippen molar-refractivity contribution >= 4 is 39.1 Å². The maximum absolute atomic E-state index is 12.2. The fourth-order valence-corrected chi connectivity index (χ4v) is 5.94. The summed E-state index contributed by atoms with van der Waals surface area (Å²) in [6.07, 6.45) is 5.64. The van der Waals surface area contributed by atoms with Gasteiger partial charge in [0.25, 0.3) is 5.91 Å². The number of piperazine rings is 1. The Balaban J connectivity index is 1.43. The van der Waals surface area contributed by atoms with Gasteiger partial charge in [0.15, 0.2) is 17.7 Å². The fourth-order valence-electron chi connectivity index (χ4n) is 4.64. The molecular weight excluding hydrogens is 490 g/mol. The van der Waals surface area contributed by atoms with Crippen LogP contribution in [0.15, 0.2) is 18.3 Å². The van der Waals surface area contributed by atoms with Gasteiger partial charge in [-0.3, -0.25) is 9.69 Å². The number of pyridine rings is 1. The second-order valence-corrected chi connectivity index (χ2v) is 10.3. The molecule has 5 heterocycles. The Kier molecular flexibility index (Phi) is 7.53. The molecule has 3 aromatic rings. The maximum atomic E-state index is 12.2. The number of rotatable bonds is 6. The molecule has 37 heavy (non-hydrogen) atoms. The van der Waals surface area contributed by atoms with E-state index >= 15 is 0 Å². The number of hydrogen-bond donors (Lipinski definition) is 2. The van der Waals surface area contributed by atoms with E-state index < -0.39 is 12.0 Å². The van der Waals surface area contributed by atoms with E-state index in [4.69, 9.17) is 21.1 Å². The number of aromatic nitrogens is 3. The summed E-state index contributed by atoms with van der Waals surface area (Å²) in [6, 6.07) is 3.92. The molecule has 1 atom stereocenters. The number of aliphatic hydroxyl groups is 1. The van der Waals surface area contributed by atoms with Crippen LogP contribution in [0.3, 0.4) is 0 Å². The number of thiophene rings is 1. The van der Waals surface area contributed by atoms with Crippen LogP contribution in [-0.4, -0.2) is 101 Å². The summed E-state index contributed by atoms with van der Waals surface area (Å²) >= 11 is 1.74. The third kappa shape index (κ3) is 5.24. The van der Waals surface area contributed by atoms with Crippen LogP contribution in [0.1, 0.15) is 10.4 Å². The Morgan fingerprint density at radius 3 is 2.62 bits per heavy atom. The summed E-state index contributed by atoms with van der Waals surface area (Å²) in [5, 5.41) is 12.7. The molecule has 11 heteroatoms. The van der Waals surface area contributed by atoms with Crippen LogP contribution < -0.4 is 10.2 Å². The number of nitrogens with one attached hydrogen (secondary N) is 1. The van der Waals surface area contributed by atoms with Crippen LogP contribution in [0.5, 0.6) is 0 Å². The Hall–Kier alpha value is -3.30. The molecule has 0 spiro atoms. The van der Waals surface area contributed by atoms with Gasteiger partial charge in [0.05, 0.1) is 23.4 Å². The number of fused-ring (bicyclic) bond motifs is 1. The number of aliphatic hydroxyl groups excluding tert-OH is 1. The first kappa shape index (κ1) is 25.4. The minimum atomic E-state index is -1.37. The van der Waals surface area contributed by atoms with Crippen molar-refractivity contribution in [2.24, 2.45) is 0 Å². The first-order valence-corrected chi connectivity index (χ1v) is 13.2. The number of amides is 1. The van der Waals surface area contributed by atoms with Crippen molar-refractivity contribution in [2.75, 3.05) is 69.7 Å². The minimum absolute atomic E-state index is 0.393. The second kappa shape index (κ2) is 11.0. The molecule has 0 aliphatic carbocycles. The van der Waals surface area contributed by atoms with Crippen LogP contribution in [0.25, 0.3) is 21.6 Å². The number of nitrogens with zero attached hydrogens (tertiary/aromatic N) is 6. The lowest BCUT2D eigenvalue weighted by Crippen LogP contribution is -2.50. The summed E-state index contributed by atoms with van der Waals surface area (Å²) in [4.78, 5) is 34.2. The SMILES string of the molecule is C#C[C@H](O)C(=O)N1CCN(Cc2sc3c(N4CCOCC4)nc(-c4ccc(NC)nc4)nc3c2C)CC1. The predicted octanol–water partition coefficient (Wildman–Crippen LogP) is 1.58. The lowest BCUT2D eigenvalue weighted by atomic mass is 10.2. The molecular formula is C26H31N7O3S. The lowest BCUT2D eigenvalue weighted by Gasteiger charge is -2.35. The topological polar surface area (TPSA) is 107 Å². The quantitative estimate of drug-likeness (QED) is 0.468. The molecule has 2 aliphatic rings. The number of terminal acetylenes is 1. The van der Waals surface area contributed by atoms with Gasteiger partial charge >= 0.3 is 0 Å². The normalized spacial score (nSPS) is 17.6. The molecule has 2 aliphatic heterocycles. The highest BCUT2D eigenvalue weighted by Gasteiger charge is 2.27. The fraction of sp³-hybridized carbons (Fsp3) is 0.462. The molecule has 0 unspecified atom stereocenters. The summed E-state index contributed by atoms with van der Waals surface area (Å²) in [6.45, 7) is 8.33. The number of anilines is 2. The lowest BCUT2D eigenvalue weighted by molar-refractivity contribution is -0.139. The van der Waals surface area contributed by atoms with Gasteiger partial charge in [0, 0.05) is 69.5 Å². The third-order valence-electron chi connectivity index (χ3n) is 6.88. The predicted molar refractivity (Wildman–Crippen MR) is 145 cm³/mol. The summed E-state index contributed by atoms with van der Waals surface area (Å²) in [5.74, 6) is 4.12. The average Bonchev–Trinajstić information content (AvgIpc) is 3.27. The van der Waals surface area contributed by atoms with Gasteiger partial charge in [-0.1, -0.05) is 5.92 Å². The van der Waals surface area contributed by atoms with Gasteiger partial charge in [-0.05, 0) is 24.6 Å². The van der Waals surface area contributed by atoms with Crippen molar-refractivity contribution in [1.82, 2.24) is 24.8 Å². The third-order valence-corrected chi connectivity index (χ3v) is 8.14. The molecule has 0 radical (unpaired) electrons. The van der Waals surface area contributed by atoms with Crippen molar-refractivity contribution < 1.29 is 14.6 Å². The first-order valence-electron chi connectivity index (χ1n) is 12.4. The molecule has 194 valence electrons. The van der Waals surface area contributed by atoms with E-state index in [0.717, 1.165) is 52.6 Å². The number of aryl methyl sites for hydroxylation is 1. The molecule has 0 bridgehead atoms. The molecule has 2 saturated heterocycles. The highest BCUT2D eigenvalue weighted by molar-refractivity contribution is 7.19.